The van der Waals surface area contributed by atoms with Crippen LogP contribution in [0.5, 0.6) is 0 Å². The van der Waals surface area contributed by atoms with E-state index in [0.717, 1.165) is 12.1 Å². The molecule has 0 radical (unpaired) electrons. The maximum absolute atomic E-state index is 13.2. The molecule has 1 aliphatic rings. The van der Waals surface area contributed by atoms with Crippen LogP contribution in [0.25, 0.3) is 0 Å². The molecular weight excluding hydrogens is 253 g/mol. The Morgan fingerprint density at radius 3 is 2.85 bits per heavy atom. The summed E-state index contributed by atoms with van der Waals surface area (Å²) in [6.07, 6.45) is 0.951. The van der Waals surface area contributed by atoms with Gasteiger partial charge in [-0.3, -0.25) is 4.79 Å². The van der Waals surface area contributed by atoms with Crippen LogP contribution in [0.3, 0.4) is 0 Å². The Hall–Kier alpha value is -2.16. The first kappa shape index (κ1) is 12.9. The van der Waals surface area contributed by atoms with Gasteiger partial charge in [-0.15, -0.1) is 0 Å². The molecule has 1 unspecified atom stereocenters. The quantitative estimate of drug-likeness (QED) is 0.795. The maximum atomic E-state index is 13.2. The van der Waals surface area contributed by atoms with E-state index in [0.29, 0.717) is 18.2 Å². The second-order valence-corrected chi connectivity index (χ2v) is 5.24. The zero-order valence-electron chi connectivity index (χ0n) is 11.3. The van der Waals surface area contributed by atoms with Crippen LogP contribution in [-0.4, -0.2) is 18.4 Å². The molecule has 0 fully saturated rings. The largest absolute Gasteiger partial charge is 0.361 e. The molecule has 102 valence electrons. The summed E-state index contributed by atoms with van der Waals surface area (Å²) in [5.74, 6) is -0.418. The van der Waals surface area contributed by atoms with Crippen LogP contribution in [-0.2, 0) is 6.42 Å². The molecule has 0 amide bonds. The number of ketones is 1. The van der Waals surface area contributed by atoms with Crippen molar-refractivity contribution in [1.82, 2.24) is 0 Å². The summed E-state index contributed by atoms with van der Waals surface area (Å²) in [5, 5.41) is 0. The molecule has 2 nitrogen and oxygen atoms in total. The number of fused-ring (bicyclic) bond motifs is 1. The maximum Gasteiger partial charge on any atom is 0.182 e. The number of anilines is 1. The number of rotatable bonds is 3. The topological polar surface area (TPSA) is 20.3 Å². The molecule has 0 spiro atoms. The van der Waals surface area contributed by atoms with Crippen LogP contribution in [0.2, 0.25) is 0 Å². The number of nitrogens with zero attached hydrogens (tertiary/aromatic N) is 1. The van der Waals surface area contributed by atoms with Crippen LogP contribution < -0.4 is 4.90 Å². The van der Waals surface area contributed by atoms with Gasteiger partial charge in [0.15, 0.2) is 5.78 Å². The zero-order valence-corrected chi connectivity index (χ0v) is 11.3. The van der Waals surface area contributed by atoms with Crippen molar-refractivity contribution >= 4 is 11.5 Å². The highest BCUT2D eigenvalue weighted by Gasteiger charge is 2.27. The van der Waals surface area contributed by atoms with Gasteiger partial charge >= 0.3 is 0 Å². The van der Waals surface area contributed by atoms with Gasteiger partial charge in [-0.1, -0.05) is 30.3 Å². The lowest BCUT2D eigenvalue weighted by atomic mass is 10.1. The normalized spacial score (nSPS) is 17.1. The van der Waals surface area contributed by atoms with E-state index in [-0.39, 0.29) is 11.6 Å². The van der Waals surface area contributed by atoms with Crippen molar-refractivity contribution in [2.45, 2.75) is 19.4 Å². The molecular formula is C17H16FNO. The number of para-hydroxylation sites is 1. The highest BCUT2D eigenvalue weighted by molar-refractivity contribution is 5.99. The average molecular weight is 269 g/mol. The number of halogens is 1. The molecule has 0 bridgehead atoms. The monoisotopic (exact) mass is 269 g/mol. The molecule has 0 saturated heterocycles. The van der Waals surface area contributed by atoms with E-state index < -0.39 is 0 Å². The molecule has 0 aliphatic carbocycles. The Morgan fingerprint density at radius 1 is 1.25 bits per heavy atom. The molecule has 1 aliphatic heterocycles. The standard InChI is InChI=1S/C17H16FNO/c1-12-9-13-5-2-3-8-16(13)19(12)11-17(20)14-6-4-7-15(18)10-14/h2-8,10,12H,9,11H2,1H3. The van der Waals surface area contributed by atoms with E-state index in [1.54, 1.807) is 12.1 Å². The van der Waals surface area contributed by atoms with Crippen molar-refractivity contribution in [2.24, 2.45) is 0 Å². The summed E-state index contributed by atoms with van der Waals surface area (Å²) in [6.45, 7) is 2.40. The third kappa shape index (κ3) is 2.31. The Bertz CT molecular complexity index is 653. The lowest BCUT2D eigenvalue weighted by Gasteiger charge is -2.24. The number of carbonyl (C=O) groups is 1. The van der Waals surface area contributed by atoms with Gasteiger partial charge in [-0.2, -0.15) is 0 Å². The highest BCUT2D eigenvalue weighted by Crippen LogP contribution is 2.31. The van der Waals surface area contributed by atoms with E-state index in [2.05, 4.69) is 17.9 Å². The minimum Gasteiger partial charge on any atom is -0.361 e. The summed E-state index contributed by atoms with van der Waals surface area (Å²) < 4.78 is 13.2. The van der Waals surface area contributed by atoms with E-state index in [1.807, 2.05) is 18.2 Å². The Labute approximate surface area is 117 Å². The van der Waals surface area contributed by atoms with Gasteiger partial charge in [0.1, 0.15) is 5.82 Å². The van der Waals surface area contributed by atoms with Crippen molar-refractivity contribution in [3.63, 3.8) is 0 Å². The molecule has 3 heteroatoms. The summed E-state index contributed by atoms with van der Waals surface area (Å²) in [5.41, 5.74) is 2.82. The van der Waals surface area contributed by atoms with Crippen LogP contribution in [0.15, 0.2) is 48.5 Å². The minimum absolute atomic E-state index is 0.0481. The zero-order chi connectivity index (χ0) is 14.1. The highest BCUT2D eigenvalue weighted by atomic mass is 19.1. The molecule has 2 aromatic carbocycles. The second-order valence-electron chi connectivity index (χ2n) is 5.24. The van der Waals surface area contributed by atoms with Gasteiger partial charge in [0.25, 0.3) is 0 Å². The second kappa shape index (κ2) is 5.08. The number of carbonyl (C=O) groups excluding carboxylic acids is 1. The number of Topliss-reactive ketones (excluding diaryl/α,β-unsaturated/α-hetero) is 1. The fraction of sp³-hybridized carbons (Fsp3) is 0.235. The smallest absolute Gasteiger partial charge is 0.182 e. The van der Waals surface area contributed by atoms with Crippen molar-refractivity contribution in [3.8, 4) is 0 Å². The summed E-state index contributed by atoms with van der Waals surface area (Å²) in [4.78, 5) is 14.4. The molecule has 20 heavy (non-hydrogen) atoms. The number of hydrogen-bond acceptors (Lipinski definition) is 2. The van der Waals surface area contributed by atoms with E-state index in [1.165, 1.54) is 17.7 Å². The minimum atomic E-state index is -0.370. The molecule has 3 rings (SSSR count). The number of benzene rings is 2. The summed E-state index contributed by atoms with van der Waals surface area (Å²) in [7, 11) is 0. The Balaban J connectivity index is 1.83. The molecule has 1 atom stereocenters. The van der Waals surface area contributed by atoms with Gasteiger partial charge in [0.05, 0.1) is 6.54 Å². The first-order chi connectivity index (χ1) is 9.65. The molecule has 0 N–H and O–H groups in total. The summed E-state index contributed by atoms with van der Waals surface area (Å²) >= 11 is 0. The van der Waals surface area contributed by atoms with Gasteiger partial charge < -0.3 is 4.90 Å². The van der Waals surface area contributed by atoms with Gasteiger partial charge in [-0.05, 0) is 37.1 Å². The van der Waals surface area contributed by atoms with Crippen molar-refractivity contribution < 1.29 is 9.18 Å². The average Bonchev–Trinajstić information content (AvgIpc) is 2.75. The van der Waals surface area contributed by atoms with Gasteiger partial charge in [-0.25, -0.2) is 4.39 Å². The number of hydrogen-bond donors (Lipinski definition) is 0. The third-order valence-electron chi connectivity index (χ3n) is 3.81. The van der Waals surface area contributed by atoms with E-state index in [9.17, 15) is 9.18 Å². The SMILES string of the molecule is CC1Cc2ccccc2N1CC(=O)c1cccc(F)c1. The molecule has 1 heterocycles. The third-order valence-corrected chi connectivity index (χ3v) is 3.81. The molecule has 0 aromatic heterocycles. The predicted molar refractivity (Wildman–Crippen MR) is 77.7 cm³/mol. The summed E-state index contributed by atoms with van der Waals surface area (Å²) in [6, 6.07) is 14.3. The van der Waals surface area contributed by atoms with Gasteiger partial charge in [0, 0.05) is 17.3 Å². The molecule has 0 saturated carbocycles. The van der Waals surface area contributed by atoms with Crippen LogP contribution in [0.4, 0.5) is 10.1 Å². The van der Waals surface area contributed by atoms with Crippen molar-refractivity contribution in [1.29, 1.82) is 0 Å². The lowest BCUT2D eigenvalue weighted by Crippen LogP contribution is -2.34. The van der Waals surface area contributed by atoms with E-state index >= 15 is 0 Å². The Kier molecular flexibility index (Phi) is 3.26. The Morgan fingerprint density at radius 2 is 2.05 bits per heavy atom. The van der Waals surface area contributed by atoms with E-state index in [4.69, 9.17) is 0 Å². The van der Waals surface area contributed by atoms with Crippen LogP contribution >= 0.6 is 0 Å². The van der Waals surface area contributed by atoms with Gasteiger partial charge in [0.2, 0.25) is 0 Å². The molecule has 2 aromatic rings. The first-order valence-electron chi connectivity index (χ1n) is 6.78. The first-order valence-corrected chi connectivity index (χ1v) is 6.78. The fourth-order valence-electron chi connectivity index (χ4n) is 2.78. The predicted octanol–water partition coefficient (Wildman–Crippen LogP) is 3.46. The van der Waals surface area contributed by atoms with Crippen molar-refractivity contribution in [3.05, 3.63) is 65.5 Å². The van der Waals surface area contributed by atoms with Crippen LogP contribution in [0, 0.1) is 5.82 Å². The fourth-order valence-corrected chi connectivity index (χ4v) is 2.78. The lowest BCUT2D eigenvalue weighted by molar-refractivity contribution is 0.0997. The van der Waals surface area contributed by atoms with Crippen molar-refractivity contribution in [2.75, 3.05) is 11.4 Å². The van der Waals surface area contributed by atoms with Crippen LogP contribution in [0.1, 0.15) is 22.8 Å².